The first-order valence-corrected chi connectivity index (χ1v) is 4.68. The van der Waals surface area contributed by atoms with Crippen LogP contribution in [0.4, 0.5) is 0 Å². The molecule has 0 aromatic heterocycles. The fourth-order valence-electron chi connectivity index (χ4n) is 0.745. The van der Waals surface area contributed by atoms with Crippen LogP contribution < -0.4 is 11.5 Å². The van der Waals surface area contributed by atoms with E-state index in [1.165, 1.54) is 0 Å². The highest BCUT2D eigenvalue weighted by atomic mass is 16.5. The Labute approximate surface area is 85.4 Å². The predicted molar refractivity (Wildman–Crippen MR) is 55.7 cm³/mol. The number of rotatable bonds is 6. The maximum atomic E-state index is 11.5. The Balaban J connectivity index is 3.94. The average molecular weight is 203 g/mol. The molecule has 0 spiro atoms. The minimum atomic E-state index is -0.744. The molecule has 4 N–H and O–H groups in total. The van der Waals surface area contributed by atoms with Gasteiger partial charge in [0, 0.05) is 19.6 Å². The molecule has 0 aliphatic rings. The van der Waals surface area contributed by atoms with Crippen molar-refractivity contribution in [1.82, 2.24) is 4.90 Å². The third kappa shape index (κ3) is 4.04. The van der Waals surface area contributed by atoms with Gasteiger partial charge in [0.25, 0.3) is 0 Å². The number of likely N-dealkylation sites (N-methyl/N-ethyl adjacent to an activating group) is 1. The van der Waals surface area contributed by atoms with Crippen LogP contribution in [0.15, 0.2) is 0 Å². The molecule has 0 rings (SSSR count). The van der Waals surface area contributed by atoms with Gasteiger partial charge in [-0.2, -0.15) is 0 Å². The summed E-state index contributed by atoms with van der Waals surface area (Å²) >= 11 is 0. The Morgan fingerprint density at radius 1 is 1.36 bits per heavy atom. The molecule has 0 aromatic rings. The number of nitrogens with two attached hydrogens (primary N) is 2. The van der Waals surface area contributed by atoms with Gasteiger partial charge in [-0.15, -0.1) is 0 Å². The first-order chi connectivity index (χ1) is 6.46. The summed E-state index contributed by atoms with van der Waals surface area (Å²) in [5.74, 6) is -0.315. The molecule has 0 bridgehead atoms. The van der Waals surface area contributed by atoms with Gasteiger partial charge in [0.1, 0.15) is 6.61 Å². The van der Waals surface area contributed by atoms with Gasteiger partial charge in [-0.25, -0.2) is 0 Å². The number of nitrogens with zero attached hydrogens (tertiary/aromatic N) is 1. The predicted octanol–water partition coefficient (Wildman–Crippen LogP) is -0.985. The van der Waals surface area contributed by atoms with Gasteiger partial charge < -0.3 is 21.1 Å². The van der Waals surface area contributed by atoms with E-state index in [-0.39, 0.29) is 19.1 Å². The lowest BCUT2D eigenvalue weighted by Gasteiger charge is -2.23. The summed E-state index contributed by atoms with van der Waals surface area (Å²) in [6, 6.07) is 0. The summed E-state index contributed by atoms with van der Waals surface area (Å²) in [4.78, 5) is 13.4. The monoisotopic (exact) mass is 203 g/mol. The van der Waals surface area contributed by atoms with E-state index in [1.54, 1.807) is 6.92 Å². The van der Waals surface area contributed by atoms with Crippen molar-refractivity contribution in [2.45, 2.75) is 6.92 Å². The topological polar surface area (TPSA) is 81.6 Å². The maximum Gasteiger partial charge on any atom is 0.314 e. The van der Waals surface area contributed by atoms with Crippen LogP contribution in [-0.2, 0) is 9.53 Å². The van der Waals surface area contributed by atoms with Crippen molar-refractivity contribution in [2.75, 3.05) is 40.3 Å². The van der Waals surface area contributed by atoms with Gasteiger partial charge in [0.2, 0.25) is 0 Å². The van der Waals surface area contributed by atoms with Gasteiger partial charge in [-0.3, -0.25) is 4.79 Å². The Bertz CT molecular complexity index is 179. The molecule has 0 aliphatic carbocycles. The van der Waals surface area contributed by atoms with Gasteiger partial charge in [-0.05, 0) is 21.0 Å². The van der Waals surface area contributed by atoms with Crippen LogP contribution in [-0.4, -0.2) is 51.2 Å². The lowest BCUT2D eigenvalue weighted by molar-refractivity contribution is -0.154. The lowest BCUT2D eigenvalue weighted by atomic mass is 9.91. The van der Waals surface area contributed by atoms with Crippen molar-refractivity contribution in [3.05, 3.63) is 0 Å². The van der Waals surface area contributed by atoms with Gasteiger partial charge in [0.05, 0.1) is 5.41 Å². The summed E-state index contributed by atoms with van der Waals surface area (Å²) in [5, 5.41) is 0. The Kier molecular flexibility index (Phi) is 5.68. The van der Waals surface area contributed by atoms with Crippen LogP contribution in [0.5, 0.6) is 0 Å². The Morgan fingerprint density at radius 2 is 1.86 bits per heavy atom. The highest BCUT2D eigenvalue weighted by Crippen LogP contribution is 2.14. The zero-order valence-corrected chi connectivity index (χ0v) is 9.25. The van der Waals surface area contributed by atoms with E-state index < -0.39 is 5.41 Å². The highest BCUT2D eigenvalue weighted by Gasteiger charge is 2.31. The normalized spacial score (nSPS) is 11.9. The van der Waals surface area contributed by atoms with Gasteiger partial charge in [-0.1, -0.05) is 0 Å². The van der Waals surface area contributed by atoms with E-state index in [2.05, 4.69) is 0 Å². The minimum Gasteiger partial charge on any atom is -0.464 e. The van der Waals surface area contributed by atoms with Crippen LogP contribution in [0.3, 0.4) is 0 Å². The molecule has 5 nitrogen and oxygen atoms in total. The molecule has 0 aliphatic heterocycles. The third-order valence-electron chi connectivity index (χ3n) is 2.17. The molecule has 0 atom stereocenters. The van der Waals surface area contributed by atoms with E-state index in [0.717, 1.165) is 0 Å². The highest BCUT2D eigenvalue weighted by molar-refractivity contribution is 5.77. The average Bonchev–Trinajstić information content (AvgIpc) is 2.15. The smallest absolute Gasteiger partial charge is 0.314 e. The molecule has 0 radical (unpaired) electrons. The van der Waals surface area contributed by atoms with Crippen LogP contribution in [0.25, 0.3) is 0 Å². The van der Waals surface area contributed by atoms with Gasteiger partial charge in [0.15, 0.2) is 0 Å². The molecular weight excluding hydrogens is 182 g/mol. The fraction of sp³-hybridized carbons (Fsp3) is 0.889. The zero-order chi connectivity index (χ0) is 11.2. The lowest BCUT2D eigenvalue weighted by Crippen LogP contribution is -2.43. The standard InChI is InChI=1S/C9H21N3O2/c1-9(6-10,7-11)8(13)14-5-4-12(2)3/h4-7,10-11H2,1-3H3. The molecule has 0 saturated heterocycles. The van der Waals surface area contributed by atoms with Crippen molar-refractivity contribution >= 4 is 5.97 Å². The van der Waals surface area contributed by atoms with E-state index in [0.29, 0.717) is 13.2 Å². The molecule has 0 saturated carbocycles. The number of hydrogen-bond donors (Lipinski definition) is 2. The molecule has 0 aromatic carbocycles. The van der Waals surface area contributed by atoms with Crippen LogP contribution >= 0.6 is 0 Å². The fourth-order valence-corrected chi connectivity index (χ4v) is 0.745. The summed E-state index contributed by atoms with van der Waals surface area (Å²) in [6.07, 6.45) is 0. The van der Waals surface area contributed by atoms with E-state index in [1.807, 2.05) is 19.0 Å². The molecule has 5 heteroatoms. The molecule has 0 fully saturated rings. The van der Waals surface area contributed by atoms with Crippen LogP contribution in [0.2, 0.25) is 0 Å². The van der Waals surface area contributed by atoms with Crippen LogP contribution in [0, 0.1) is 5.41 Å². The second kappa shape index (κ2) is 5.95. The second-order valence-electron chi connectivity index (χ2n) is 3.91. The van der Waals surface area contributed by atoms with Gasteiger partial charge >= 0.3 is 5.97 Å². The zero-order valence-electron chi connectivity index (χ0n) is 9.25. The molecule has 84 valence electrons. The summed E-state index contributed by atoms with van der Waals surface area (Å²) < 4.78 is 5.06. The number of ether oxygens (including phenoxy) is 1. The SMILES string of the molecule is CN(C)CCOC(=O)C(C)(CN)CN. The van der Waals surface area contributed by atoms with Crippen molar-refractivity contribution in [1.29, 1.82) is 0 Å². The van der Waals surface area contributed by atoms with E-state index in [9.17, 15) is 4.79 Å². The first-order valence-electron chi connectivity index (χ1n) is 4.68. The summed E-state index contributed by atoms with van der Waals surface area (Å²) in [5.41, 5.74) is 10.2. The quantitative estimate of drug-likeness (QED) is 0.542. The van der Waals surface area contributed by atoms with Crippen molar-refractivity contribution < 1.29 is 9.53 Å². The third-order valence-corrected chi connectivity index (χ3v) is 2.17. The maximum absolute atomic E-state index is 11.5. The molecule has 14 heavy (non-hydrogen) atoms. The Morgan fingerprint density at radius 3 is 2.21 bits per heavy atom. The largest absolute Gasteiger partial charge is 0.464 e. The molecular formula is C9H21N3O2. The summed E-state index contributed by atoms with van der Waals surface area (Å²) in [7, 11) is 3.83. The van der Waals surface area contributed by atoms with E-state index in [4.69, 9.17) is 16.2 Å². The molecule has 0 heterocycles. The number of hydrogen-bond acceptors (Lipinski definition) is 5. The first kappa shape index (κ1) is 13.4. The second-order valence-corrected chi connectivity index (χ2v) is 3.91. The molecule has 0 unspecified atom stereocenters. The van der Waals surface area contributed by atoms with Crippen molar-refractivity contribution in [2.24, 2.45) is 16.9 Å². The minimum absolute atomic E-state index is 0.213. The van der Waals surface area contributed by atoms with E-state index >= 15 is 0 Å². The number of esters is 1. The van der Waals surface area contributed by atoms with Crippen molar-refractivity contribution in [3.8, 4) is 0 Å². The molecule has 0 amide bonds. The summed E-state index contributed by atoms with van der Waals surface area (Å²) in [6.45, 7) is 3.22. The number of carbonyl (C=O) groups excluding carboxylic acids is 1. The number of carbonyl (C=O) groups is 1. The van der Waals surface area contributed by atoms with Crippen molar-refractivity contribution in [3.63, 3.8) is 0 Å². The van der Waals surface area contributed by atoms with Crippen LogP contribution in [0.1, 0.15) is 6.92 Å². The Hall–Kier alpha value is -0.650.